The van der Waals surface area contributed by atoms with Gasteiger partial charge in [0.05, 0.1) is 12.7 Å². The SMILES string of the molecule is CN(C)S(=O)(=O)N1CC[C@@H]2OCC[C@]2(COc2ncccc2F)C1. The number of fused-ring (bicyclic) bond motifs is 1. The number of aromatic nitrogens is 1. The summed E-state index contributed by atoms with van der Waals surface area (Å²) in [7, 11) is -0.476. The number of nitrogens with zero attached hydrogens (tertiary/aromatic N) is 3. The number of piperidine rings is 1. The van der Waals surface area contributed by atoms with Crippen molar-refractivity contribution >= 4 is 10.2 Å². The first-order valence-electron chi connectivity index (χ1n) is 7.88. The predicted octanol–water partition coefficient (Wildman–Crippen LogP) is 0.887. The number of pyridine rings is 1. The molecule has 0 saturated carbocycles. The quantitative estimate of drug-likeness (QED) is 0.781. The van der Waals surface area contributed by atoms with E-state index in [1.54, 1.807) is 0 Å². The van der Waals surface area contributed by atoms with Gasteiger partial charge in [-0.25, -0.2) is 9.37 Å². The van der Waals surface area contributed by atoms with Crippen LogP contribution in [-0.2, 0) is 14.9 Å². The molecule has 134 valence electrons. The van der Waals surface area contributed by atoms with Crippen molar-refractivity contribution in [2.24, 2.45) is 5.41 Å². The number of hydrogen-bond donors (Lipinski definition) is 0. The summed E-state index contributed by atoms with van der Waals surface area (Å²) in [4.78, 5) is 3.89. The van der Waals surface area contributed by atoms with E-state index in [9.17, 15) is 12.8 Å². The average Bonchev–Trinajstić information content (AvgIpc) is 2.97. The normalized spacial score (nSPS) is 28.1. The minimum absolute atomic E-state index is 0.0647. The van der Waals surface area contributed by atoms with Crippen LogP contribution in [0.4, 0.5) is 4.39 Å². The van der Waals surface area contributed by atoms with E-state index in [4.69, 9.17) is 9.47 Å². The second-order valence-electron chi connectivity index (χ2n) is 6.46. The lowest BCUT2D eigenvalue weighted by atomic mass is 9.78. The third-order valence-corrected chi connectivity index (χ3v) is 6.63. The molecule has 1 aromatic rings. The molecule has 0 unspecified atom stereocenters. The Morgan fingerprint density at radius 3 is 3.04 bits per heavy atom. The molecule has 0 aromatic carbocycles. The van der Waals surface area contributed by atoms with Crippen LogP contribution in [0, 0.1) is 11.2 Å². The summed E-state index contributed by atoms with van der Waals surface area (Å²) in [5.41, 5.74) is -0.481. The number of rotatable bonds is 5. The van der Waals surface area contributed by atoms with Gasteiger partial charge in [-0.15, -0.1) is 0 Å². The van der Waals surface area contributed by atoms with E-state index < -0.39 is 21.4 Å². The van der Waals surface area contributed by atoms with Crippen molar-refractivity contribution in [3.8, 4) is 5.88 Å². The third kappa shape index (κ3) is 3.13. The van der Waals surface area contributed by atoms with Crippen molar-refractivity contribution in [2.45, 2.75) is 18.9 Å². The Balaban J connectivity index is 1.79. The highest BCUT2D eigenvalue weighted by molar-refractivity contribution is 7.86. The summed E-state index contributed by atoms with van der Waals surface area (Å²) in [5, 5.41) is 0. The molecule has 0 N–H and O–H groups in total. The highest BCUT2D eigenvalue weighted by Gasteiger charge is 2.51. The maximum Gasteiger partial charge on any atom is 0.281 e. The third-order valence-electron chi connectivity index (χ3n) is 4.74. The number of ether oxygens (including phenoxy) is 2. The summed E-state index contributed by atoms with van der Waals surface area (Å²) < 4.78 is 52.6. The molecule has 3 heterocycles. The zero-order valence-electron chi connectivity index (χ0n) is 13.8. The molecular formula is C15H22FN3O4S. The van der Waals surface area contributed by atoms with Crippen LogP contribution in [-0.4, -0.2) is 68.5 Å². The first kappa shape index (κ1) is 17.5. The Hall–Kier alpha value is -1.29. The van der Waals surface area contributed by atoms with Crippen LogP contribution in [0.2, 0.25) is 0 Å². The topological polar surface area (TPSA) is 72.0 Å². The Morgan fingerprint density at radius 2 is 2.33 bits per heavy atom. The largest absolute Gasteiger partial charge is 0.475 e. The van der Waals surface area contributed by atoms with E-state index in [1.807, 2.05) is 0 Å². The highest BCUT2D eigenvalue weighted by atomic mass is 32.2. The smallest absolute Gasteiger partial charge is 0.281 e. The predicted molar refractivity (Wildman–Crippen MR) is 85.3 cm³/mol. The van der Waals surface area contributed by atoms with Crippen LogP contribution >= 0.6 is 0 Å². The standard InChI is InChI=1S/C15H22FN3O4S/c1-18(2)24(20,21)19-8-5-13-15(10-19,6-9-22-13)11-23-14-12(16)4-3-7-17-14/h3-4,7,13H,5-6,8-11H2,1-2H3/t13-,15+/m0/s1. The van der Waals surface area contributed by atoms with E-state index in [1.165, 1.54) is 41.0 Å². The van der Waals surface area contributed by atoms with Crippen LogP contribution < -0.4 is 4.74 Å². The fourth-order valence-electron chi connectivity index (χ4n) is 3.33. The molecule has 0 bridgehead atoms. The van der Waals surface area contributed by atoms with Crippen LogP contribution in [0.5, 0.6) is 5.88 Å². The molecule has 1 aromatic heterocycles. The average molecular weight is 359 g/mol. The van der Waals surface area contributed by atoms with E-state index in [-0.39, 0.29) is 18.6 Å². The van der Waals surface area contributed by atoms with Gasteiger partial charge >= 0.3 is 0 Å². The Bertz CT molecular complexity index is 700. The van der Waals surface area contributed by atoms with E-state index in [2.05, 4.69) is 4.98 Å². The molecule has 9 heteroatoms. The molecular weight excluding hydrogens is 337 g/mol. The van der Waals surface area contributed by atoms with Crippen molar-refractivity contribution in [2.75, 3.05) is 40.4 Å². The van der Waals surface area contributed by atoms with Gasteiger partial charge in [0.1, 0.15) is 0 Å². The van der Waals surface area contributed by atoms with E-state index >= 15 is 0 Å². The second-order valence-corrected chi connectivity index (χ2v) is 8.61. The lowest BCUT2D eigenvalue weighted by Gasteiger charge is -2.43. The van der Waals surface area contributed by atoms with Gasteiger partial charge in [0, 0.05) is 45.4 Å². The molecule has 2 fully saturated rings. The van der Waals surface area contributed by atoms with Crippen LogP contribution in [0.15, 0.2) is 18.3 Å². The lowest BCUT2D eigenvalue weighted by molar-refractivity contribution is -0.0214. The molecule has 2 saturated heterocycles. The molecule has 0 spiro atoms. The first-order chi connectivity index (χ1) is 11.3. The van der Waals surface area contributed by atoms with Gasteiger partial charge < -0.3 is 9.47 Å². The van der Waals surface area contributed by atoms with Gasteiger partial charge in [-0.3, -0.25) is 0 Å². The van der Waals surface area contributed by atoms with Crippen molar-refractivity contribution < 1.29 is 22.3 Å². The van der Waals surface area contributed by atoms with Crippen molar-refractivity contribution in [3.63, 3.8) is 0 Å². The van der Waals surface area contributed by atoms with Crippen LogP contribution in [0.1, 0.15) is 12.8 Å². The van der Waals surface area contributed by atoms with E-state index in [0.29, 0.717) is 32.5 Å². The zero-order valence-corrected chi connectivity index (χ0v) is 14.6. The van der Waals surface area contributed by atoms with Crippen molar-refractivity contribution in [1.82, 2.24) is 13.6 Å². The van der Waals surface area contributed by atoms with Gasteiger partial charge in [0.15, 0.2) is 5.82 Å². The second kappa shape index (κ2) is 6.55. The lowest BCUT2D eigenvalue weighted by Crippen LogP contribution is -2.56. The van der Waals surface area contributed by atoms with Crippen LogP contribution in [0.25, 0.3) is 0 Å². The molecule has 24 heavy (non-hydrogen) atoms. The van der Waals surface area contributed by atoms with E-state index in [0.717, 1.165) is 0 Å². The highest BCUT2D eigenvalue weighted by Crippen LogP contribution is 2.42. The van der Waals surface area contributed by atoms with Gasteiger partial charge in [-0.05, 0) is 25.0 Å². The van der Waals surface area contributed by atoms with Gasteiger partial charge in [0.2, 0.25) is 5.88 Å². The zero-order chi connectivity index (χ0) is 17.4. The maximum absolute atomic E-state index is 13.7. The minimum Gasteiger partial charge on any atom is -0.475 e. The van der Waals surface area contributed by atoms with Gasteiger partial charge in [0.25, 0.3) is 10.2 Å². The van der Waals surface area contributed by atoms with Crippen molar-refractivity contribution in [3.05, 3.63) is 24.1 Å². The molecule has 2 aliphatic rings. The fourth-order valence-corrected chi connectivity index (χ4v) is 4.55. The molecule has 2 aliphatic heterocycles. The summed E-state index contributed by atoms with van der Waals surface area (Å²) in [6.07, 6.45) is 2.65. The van der Waals surface area contributed by atoms with Crippen molar-refractivity contribution in [1.29, 1.82) is 0 Å². The Kier molecular flexibility index (Phi) is 4.78. The summed E-state index contributed by atoms with van der Waals surface area (Å²) in [5.74, 6) is -0.594. The number of hydrogen-bond acceptors (Lipinski definition) is 5. The minimum atomic E-state index is -3.50. The maximum atomic E-state index is 13.7. The van der Waals surface area contributed by atoms with Gasteiger partial charge in [-0.2, -0.15) is 17.0 Å². The summed E-state index contributed by atoms with van der Waals surface area (Å²) in [6, 6.07) is 2.78. The molecule has 7 nitrogen and oxygen atoms in total. The summed E-state index contributed by atoms with van der Waals surface area (Å²) >= 11 is 0. The molecule has 0 radical (unpaired) electrons. The summed E-state index contributed by atoms with van der Waals surface area (Å²) in [6.45, 7) is 1.43. The Morgan fingerprint density at radius 1 is 1.54 bits per heavy atom. The molecule has 0 aliphatic carbocycles. The monoisotopic (exact) mass is 359 g/mol. The first-order valence-corrected chi connectivity index (χ1v) is 9.27. The molecule has 0 amide bonds. The Labute approximate surface area is 141 Å². The van der Waals surface area contributed by atoms with Gasteiger partial charge in [-0.1, -0.05) is 0 Å². The fraction of sp³-hybridized carbons (Fsp3) is 0.667. The molecule has 3 rings (SSSR count). The molecule has 2 atom stereocenters. The number of halogens is 1. The van der Waals surface area contributed by atoms with Crippen LogP contribution in [0.3, 0.4) is 0 Å².